The predicted molar refractivity (Wildman–Crippen MR) is 91.0 cm³/mol. The third kappa shape index (κ3) is 1.88. The molecule has 0 fully saturated rings. The van der Waals surface area contributed by atoms with Gasteiger partial charge in [0.25, 0.3) is 0 Å². The Morgan fingerprint density at radius 1 is 1.04 bits per heavy atom. The molecule has 0 bridgehead atoms. The summed E-state index contributed by atoms with van der Waals surface area (Å²) in [5.74, 6) is 1.82. The molecule has 0 unspecified atom stereocenters. The van der Waals surface area contributed by atoms with Crippen molar-refractivity contribution in [3.63, 3.8) is 0 Å². The summed E-state index contributed by atoms with van der Waals surface area (Å²) in [5.41, 5.74) is 7.75. The van der Waals surface area contributed by atoms with Gasteiger partial charge in [-0.3, -0.25) is 4.98 Å². The van der Waals surface area contributed by atoms with Crippen LogP contribution in [0.4, 0.5) is 5.69 Å². The molecule has 1 N–H and O–H groups in total. The molecule has 4 nitrogen and oxygen atoms in total. The van der Waals surface area contributed by atoms with E-state index in [9.17, 15) is 0 Å². The third-order valence-electron chi connectivity index (χ3n) is 4.49. The number of hydrogen-bond acceptors (Lipinski definition) is 4. The van der Waals surface area contributed by atoms with Crippen molar-refractivity contribution < 1.29 is 4.84 Å². The molecule has 0 radical (unpaired) electrons. The molecule has 0 saturated carbocycles. The van der Waals surface area contributed by atoms with E-state index in [2.05, 4.69) is 51.8 Å². The van der Waals surface area contributed by atoms with Crippen LogP contribution in [-0.4, -0.2) is 11.5 Å². The molecule has 4 heteroatoms. The lowest BCUT2D eigenvalue weighted by Gasteiger charge is -2.27. The Bertz CT molecular complexity index is 948. The SMILES string of the molecule is C1=C(N2CCc3ccccc32)NOc2c1ccc1ncccc21. The van der Waals surface area contributed by atoms with E-state index >= 15 is 0 Å². The van der Waals surface area contributed by atoms with Crippen LogP contribution in [0.1, 0.15) is 11.1 Å². The summed E-state index contributed by atoms with van der Waals surface area (Å²) in [6, 6.07) is 16.6. The van der Waals surface area contributed by atoms with Gasteiger partial charge >= 0.3 is 0 Å². The molecular weight excluding hydrogens is 286 g/mol. The first kappa shape index (κ1) is 12.5. The minimum atomic E-state index is 0.840. The minimum absolute atomic E-state index is 0.840. The van der Waals surface area contributed by atoms with Gasteiger partial charge in [-0.15, -0.1) is 0 Å². The van der Waals surface area contributed by atoms with Crippen molar-refractivity contribution in [3.05, 3.63) is 71.7 Å². The first-order chi connectivity index (χ1) is 11.4. The Kier molecular flexibility index (Phi) is 2.58. The van der Waals surface area contributed by atoms with Gasteiger partial charge in [-0.2, -0.15) is 0 Å². The van der Waals surface area contributed by atoms with Crippen LogP contribution >= 0.6 is 0 Å². The number of pyridine rings is 1. The summed E-state index contributed by atoms with van der Waals surface area (Å²) in [4.78, 5) is 12.5. The van der Waals surface area contributed by atoms with Gasteiger partial charge in [-0.05, 0) is 48.4 Å². The molecule has 2 aliphatic heterocycles. The van der Waals surface area contributed by atoms with Crippen molar-refractivity contribution >= 4 is 22.7 Å². The summed E-state index contributed by atoms with van der Waals surface area (Å²) in [7, 11) is 0. The van der Waals surface area contributed by atoms with Crippen LogP contribution in [0.2, 0.25) is 0 Å². The van der Waals surface area contributed by atoms with Crippen molar-refractivity contribution in [3.8, 4) is 5.75 Å². The average Bonchev–Trinajstić information content (AvgIpc) is 3.05. The normalized spacial score (nSPS) is 15.5. The summed E-state index contributed by atoms with van der Waals surface area (Å²) in [6.07, 6.45) is 5.00. The second kappa shape index (κ2) is 4.74. The molecule has 23 heavy (non-hydrogen) atoms. The molecule has 2 aliphatic rings. The van der Waals surface area contributed by atoms with Crippen molar-refractivity contribution in [2.24, 2.45) is 0 Å². The van der Waals surface area contributed by atoms with Crippen molar-refractivity contribution in [2.75, 3.05) is 11.4 Å². The second-order valence-electron chi connectivity index (χ2n) is 5.82. The summed E-state index contributed by atoms with van der Waals surface area (Å²) >= 11 is 0. The quantitative estimate of drug-likeness (QED) is 0.746. The molecular formula is C19H15N3O. The monoisotopic (exact) mass is 301 g/mol. The molecule has 5 rings (SSSR count). The molecule has 0 spiro atoms. The molecule has 3 heterocycles. The third-order valence-corrected chi connectivity index (χ3v) is 4.49. The summed E-state index contributed by atoms with van der Waals surface area (Å²) in [5, 5.41) is 1.02. The number of rotatable bonds is 1. The van der Waals surface area contributed by atoms with E-state index in [1.54, 1.807) is 6.20 Å². The highest BCUT2D eigenvalue weighted by molar-refractivity contribution is 5.90. The number of nitrogens with one attached hydrogen (secondary N) is 1. The van der Waals surface area contributed by atoms with Crippen LogP contribution in [0.25, 0.3) is 17.0 Å². The van der Waals surface area contributed by atoms with E-state index in [-0.39, 0.29) is 0 Å². The number of hydrogen-bond donors (Lipinski definition) is 1. The van der Waals surface area contributed by atoms with Gasteiger partial charge in [0.2, 0.25) is 0 Å². The van der Waals surface area contributed by atoms with Crippen LogP contribution in [0.15, 0.2) is 60.5 Å². The van der Waals surface area contributed by atoms with E-state index in [1.165, 1.54) is 11.3 Å². The Morgan fingerprint density at radius 2 is 2.00 bits per heavy atom. The first-order valence-corrected chi connectivity index (χ1v) is 7.78. The molecule has 112 valence electrons. The van der Waals surface area contributed by atoms with Gasteiger partial charge in [0, 0.05) is 29.4 Å². The number of aromatic nitrogens is 1. The molecule has 2 aromatic carbocycles. The van der Waals surface area contributed by atoms with Crippen LogP contribution in [0.5, 0.6) is 5.75 Å². The maximum absolute atomic E-state index is 5.88. The zero-order valence-electron chi connectivity index (χ0n) is 12.5. The van der Waals surface area contributed by atoms with Gasteiger partial charge in [-0.25, -0.2) is 5.48 Å². The van der Waals surface area contributed by atoms with Gasteiger partial charge in [0.05, 0.1) is 5.52 Å². The van der Waals surface area contributed by atoms with Crippen LogP contribution < -0.4 is 15.2 Å². The minimum Gasteiger partial charge on any atom is -0.379 e. The van der Waals surface area contributed by atoms with Gasteiger partial charge in [0.1, 0.15) is 5.82 Å². The number of nitrogens with zero attached hydrogens (tertiary/aromatic N) is 2. The molecule has 0 atom stereocenters. The van der Waals surface area contributed by atoms with Gasteiger partial charge in [0.15, 0.2) is 5.75 Å². The lowest BCUT2D eigenvalue weighted by atomic mass is 10.1. The first-order valence-electron chi connectivity index (χ1n) is 7.78. The van der Waals surface area contributed by atoms with Crippen molar-refractivity contribution in [2.45, 2.75) is 6.42 Å². The van der Waals surface area contributed by atoms with Gasteiger partial charge < -0.3 is 9.74 Å². The van der Waals surface area contributed by atoms with E-state index in [0.717, 1.165) is 41.0 Å². The van der Waals surface area contributed by atoms with E-state index in [0.29, 0.717) is 0 Å². The molecule has 3 aromatic rings. The van der Waals surface area contributed by atoms with Crippen LogP contribution in [-0.2, 0) is 6.42 Å². The molecule has 0 saturated heterocycles. The zero-order chi connectivity index (χ0) is 15.2. The van der Waals surface area contributed by atoms with Crippen molar-refractivity contribution in [1.29, 1.82) is 0 Å². The standard InChI is InChI=1S/C19H15N3O/c1-2-6-17-13(4-1)9-11-22(17)18-12-14-7-8-16-15(5-3-10-20-16)19(14)23-21-18/h1-8,10,12,21H,9,11H2. The lowest BCUT2D eigenvalue weighted by Crippen LogP contribution is -2.34. The predicted octanol–water partition coefficient (Wildman–Crippen LogP) is 3.49. The average molecular weight is 301 g/mol. The van der Waals surface area contributed by atoms with Crippen LogP contribution in [0.3, 0.4) is 0 Å². The number of fused-ring (bicyclic) bond motifs is 4. The highest BCUT2D eigenvalue weighted by Gasteiger charge is 2.25. The fraction of sp³-hybridized carbons (Fsp3) is 0.105. The smallest absolute Gasteiger partial charge is 0.171 e. The molecule has 1 aromatic heterocycles. The number of benzene rings is 2. The highest BCUT2D eigenvalue weighted by atomic mass is 16.6. The fourth-order valence-corrected chi connectivity index (χ4v) is 3.37. The number of hydroxylamine groups is 1. The number of para-hydroxylation sites is 1. The lowest BCUT2D eigenvalue weighted by molar-refractivity contribution is 0.225. The van der Waals surface area contributed by atoms with E-state index in [1.807, 2.05) is 18.2 Å². The second-order valence-corrected chi connectivity index (χ2v) is 5.82. The Balaban J connectivity index is 1.60. The summed E-state index contributed by atoms with van der Waals surface area (Å²) in [6.45, 7) is 0.964. The largest absolute Gasteiger partial charge is 0.379 e. The Labute approximate surface area is 134 Å². The number of anilines is 1. The molecule has 0 amide bonds. The Hall–Kier alpha value is -3.01. The van der Waals surface area contributed by atoms with Gasteiger partial charge in [-0.1, -0.05) is 18.2 Å². The highest BCUT2D eigenvalue weighted by Crippen LogP contribution is 2.36. The molecule has 0 aliphatic carbocycles. The Morgan fingerprint density at radius 3 is 3.00 bits per heavy atom. The maximum Gasteiger partial charge on any atom is 0.171 e. The fourth-order valence-electron chi connectivity index (χ4n) is 3.37. The summed E-state index contributed by atoms with van der Waals surface area (Å²) < 4.78 is 0. The van der Waals surface area contributed by atoms with E-state index < -0.39 is 0 Å². The zero-order valence-corrected chi connectivity index (χ0v) is 12.5. The topological polar surface area (TPSA) is 37.4 Å². The van der Waals surface area contributed by atoms with Crippen molar-refractivity contribution in [1.82, 2.24) is 10.5 Å². The maximum atomic E-state index is 5.88. The van der Waals surface area contributed by atoms with Crippen LogP contribution in [0, 0.1) is 0 Å². The van der Waals surface area contributed by atoms with E-state index in [4.69, 9.17) is 4.84 Å².